The normalized spacial score (nSPS) is 17.8. The van der Waals surface area contributed by atoms with Gasteiger partial charge in [-0.15, -0.1) is 0 Å². The summed E-state index contributed by atoms with van der Waals surface area (Å²) in [6.45, 7) is 12.2. The Balaban J connectivity index is 2.03. The number of hydrogen-bond acceptors (Lipinski definition) is 3. The first-order valence-corrected chi connectivity index (χ1v) is 8.85. The zero-order chi connectivity index (χ0) is 15.7. The highest BCUT2D eigenvalue weighted by atomic mass is 79.9. The van der Waals surface area contributed by atoms with Crippen LogP contribution >= 0.6 is 15.9 Å². The van der Waals surface area contributed by atoms with E-state index in [4.69, 9.17) is 4.98 Å². The summed E-state index contributed by atoms with van der Waals surface area (Å²) in [5, 5.41) is 3.48. The van der Waals surface area contributed by atoms with Crippen molar-refractivity contribution >= 4 is 21.6 Å². The van der Waals surface area contributed by atoms with Crippen LogP contribution in [0.5, 0.6) is 0 Å². The second kappa shape index (κ2) is 6.30. The van der Waals surface area contributed by atoms with Crippen molar-refractivity contribution in [2.45, 2.75) is 39.2 Å². The van der Waals surface area contributed by atoms with Crippen LogP contribution in [-0.4, -0.2) is 40.5 Å². The number of imidazole rings is 1. The van der Waals surface area contributed by atoms with E-state index in [1.54, 1.807) is 0 Å². The molecule has 0 bridgehead atoms. The van der Waals surface area contributed by atoms with Crippen molar-refractivity contribution in [3.63, 3.8) is 0 Å². The predicted molar refractivity (Wildman–Crippen MR) is 94.4 cm³/mol. The van der Waals surface area contributed by atoms with E-state index in [0.717, 1.165) is 42.8 Å². The molecule has 1 fully saturated rings. The number of fused-ring (bicyclic) bond motifs is 1. The van der Waals surface area contributed by atoms with Gasteiger partial charge >= 0.3 is 0 Å². The summed E-state index contributed by atoms with van der Waals surface area (Å²) in [5.41, 5.74) is 3.60. The van der Waals surface area contributed by atoms with Gasteiger partial charge in [0.1, 0.15) is 0 Å². The highest BCUT2D eigenvalue weighted by molar-refractivity contribution is 9.10. The molecule has 0 saturated carbocycles. The molecule has 0 aliphatic carbocycles. The highest BCUT2D eigenvalue weighted by Gasteiger charge is 2.25. The van der Waals surface area contributed by atoms with E-state index in [9.17, 15) is 0 Å². The van der Waals surface area contributed by atoms with Gasteiger partial charge < -0.3 is 9.72 Å². The maximum Gasteiger partial charge on any atom is 0.151 e. The molecular weight excluding hydrogens is 340 g/mol. The second-order valence-corrected chi connectivity index (χ2v) is 7.94. The molecule has 22 heavy (non-hydrogen) atoms. The van der Waals surface area contributed by atoms with Crippen molar-refractivity contribution in [3.8, 4) is 0 Å². The largest absolute Gasteiger partial charge is 0.315 e. The van der Waals surface area contributed by atoms with Gasteiger partial charge in [0.2, 0.25) is 0 Å². The number of nitrogens with one attached hydrogen (secondary N) is 1. The van der Waals surface area contributed by atoms with Crippen LogP contribution < -0.4 is 5.32 Å². The highest BCUT2D eigenvalue weighted by Crippen LogP contribution is 2.29. The molecule has 1 N–H and O–H groups in total. The van der Waals surface area contributed by atoms with Crippen LogP contribution in [0.2, 0.25) is 0 Å². The third-order valence-electron chi connectivity index (χ3n) is 4.22. The Morgan fingerprint density at radius 2 is 2.09 bits per heavy atom. The van der Waals surface area contributed by atoms with Crippen LogP contribution in [0.15, 0.2) is 22.8 Å². The minimum atomic E-state index is 0.0465. The Hall–Kier alpha value is -0.910. The Morgan fingerprint density at radius 3 is 2.86 bits per heavy atom. The van der Waals surface area contributed by atoms with Crippen LogP contribution in [-0.2, 0) is 12.0 Å². The molecule has 4 nitrogen and oxygen atoms in total. The molecule has 3 rings (SSSR count). The van der Waals surface area contributed by atoms with Crippen LogP contribution in [0.4, 0.5) is 0 Å². The van der Waals surface area contributed by atoms with Crippen LogP contribution in [0.25, 0.3) is 5.65 Å². The molecule has 1 saturated heterocycles. The second-order valence-electron chi connectivity index (χ2n) is 7.09. The van der Waals surface area contributed by atoms with Gasteiger partial charge in [0.25, 0.3) is 0 Å². The maximum atomic E-state index is 4.95. The van der Waals surface area contributed by atoms with Gasteiger partial charge in [-0.3, -0.25) is 4.90 Å². The first kappa shape index (κ1) is 16.0. The zero-order valence-electron chi connectivity index (χ0n) is 13.7. The molecule has 0 spiro atoms. The Kier molecular flexibility index (Phi) is 4.57. The minimum Gasteiger partial charge on any atom is -0.315 e. The van der Waals surface area contributed by atoms with Gasteiger partial charge in [0, 0.05) is 31.2 Å². The Bertz CT molecular complexity index is 648. The maximum absolute atomic E-state index is 4.95. The quantitative estimate of drug-likeness (QED) is 0.887. The van der Waals surface area contributed by atoms with Crippen molar-refractivity contribution in [1.29, 1.82) is 0 Å². The summed E-state index contributed by atoms with van der Waals surface area (Å²) < 4.78 is 3.31. The lowest BCUT2D eigenvalue weighted by atomic mass is 9.90. The number of rotatable bonds is 2. The van der Waals surface area contributed by atoms with Crippen LogP contribution in [0, 0.1) is 0 Å². The van der Waals surface area contributed by atoms with E-state index in [1.807, 2.05) is 0 Å². The summed E-state index contributed by atoms with van der Waals surface area (Å²) in [5.74, 6) is 0. The van der Waals surface area contributed by atoms with Crippen molar-refractivity contribution in [2.75, 3.05) is 26.2 Å². The smallest absolute Gasteiger partial charge is 0.151 e. The molecule has 1 aliphatic rings. The summed E-state index contributed by atoms with van der Waals surface area (Å²) in [6, 6.07) is 4.15. The molecule has 2 aromatic rings. The van der Waals surface area contributed by atoms with Gasteiger partial charge in [0.15, 0.2) is 5.65 Å². The number of pyridine rings is 1. The zero-order valence-corrected chi connectivity index (χ0v) is 15.3. The van der Waals surface area contributed by atoms with Crippen molar-refractivity contribution < 1.29 is 0 Å². The Morgan fingerprint density at radius 1 is 1.27 bits per heavy atom. The van der Waals surface area contributed by atoms with E-state index in [2.05, 4.69) is 69.6 Å². The fraction of sp³-hybridized carbons (Fsp3) is 0.588. The molecule has 0 radical (unpaired) electrons. The van der Waals surface area contributed by atoms with Gasteiger partial charge in [-0.25, -0.2) is 4.98 Å². The van der Waals surface area contributed by atoms with E-state index in [0.29, 0.717) is 0 Å². The summed E-state index contributed by atoms with van der Waals surface area (Å²) in [7, 11) is 0. The average Bonchev–Trinajstić information content (AvgIpc) is 2.65. The first-order valence-electron chi connectivity index (χ1n) is 8.06. The number of aromatic nitrogens is 2. The lowest BCUT2D eigenvalue weighted by molar-refractivity contribution is 0.277. The molecule has 0 atom stereocenters. The molecule has 0 unspecified atom stereocenters. The molecule has 120 valence electrons. The third-order valence-corrected chi connectivity index (χ3v) is 4.84. The summed E-state index contributed by atoms with van der Waals surface area (Å²) in [6.07, 6.45) is 3.35. The van der Waals surface area contributed by atoms with Crippen molar-refractivity contribution in [3.05, 3.63) is 34.2 Å². The minimum absolute atomic E-state index is 0.0465. The molecule has 5 heteroatoms. The fourth-order valence-corrected chi connectivity index (χ4v) is 3.54. The molecular formula is C17H25BrN4. The number of halogens is 1. The molecule has 0 aromatic carbocycles. The monoisotopic (exact) mass is 364 g/mol. The van der Waals surface area contributed by atoms with Crippen molar-refractivity contribution in [1.82, 2.24) is 19.6 Å². The summed E-state index contributed by atoms with van der Waals surface area (Å²) in [4.78, 5) is 7.49. The molecule has 2 aromatic heterocycles. The third kappa shape index (κ3) is 3.21. The van der Waals surface area contributed by atoms with Gasteiger partial charge in [-0.2, -0.15) is 0 Å². The molecule has 0 amide bonds. The van der Waals surface area contributed by atoms with Crippen LogP contribution in [0.3, 0.4) is 0 Å². The fourth-order valence-electron chi connectivity index (χ4n) is 3.11. The lowest BCUT2D eigenvalue weighted by Crippen LogP contribution is -2.29. The van der Waals surface area contributed by atoms with Gasteiger partial charge in [-0.05, 0) is 47.6 Å². The van der Waals surface area contributed by atoms with E-state index >= 15 is 0 Å². The van der Waals surface area contributed by atoms with Crippen molar-refractivity contribution in [2.24, 2.45) is 0 Å². The summed E-state index contributed by atoms with van der Waals surface area (Å²) >= 11 is 3.64. The standard InChI is InChI=1S/C17H25BrN4/c1-17(2,3)15-14(12-21-9-5-7-19-8-11-21)22-10-4-6-13(18)16(22)20-15/h4,6,10,19H,5,7-9,11-12H2,1-3H3. The van der Waals surface area contributed by atoms with Gasteiger partial charge in [-0.1, -0.05) is 20.8 Å². The molecule has 3 heterocycles. The topological polar surface area (TPSA) is 32.6 Å². The molecule has 1 aliphatic heterocycles. The SMILES string of the molecule is CC(C)(C)c1nc2c(Br)cccn2c1CN1CCCNCC1. The predicted octanol–water partition coefficient (Wildman–Crippen LogP) is 3.19. The first-order chi connectivity index (χ1) is 10.5. The van der Waals surface area contributed by atoms with Crippen LogP contribution in [0.1, 0.15) is 38.6 Å². The average molecular weight is 365 g/mol. The number of hydrogen-bond donors (Lipinski definition) is 1. The van der Waals surface area contributed by atoms with E-state index in [1.165, 1.54) is 17.8 Å². The number of nitrogens with zero attached hydrogens (tertiary/aromatic N) is 3. The Labute approximate surface area is 141 Å². The van der Waals surface area contributed by atoms with E-state index < -0.39 is 0 Å². The van der Waals surface area contributed by atoms with Gasteiger partial charge in [0.05, 0.1) is 15.9 Å². The van der Waals surface area contributed by atoms with E-state index in [-0.39, 0.29) is 5.41 Å². The lowest BCUT2D eigenvalue weighted by Gasteiger charge is -2.23.